The Labute approximate surface area is 152 Å². The number of hydrogen-bond acceptors (Lipinski definition) is 6. The van der Waals surface area contributed by atoms with E-state index in [4.69, 9.17) is 9.47 Å². The first kappa shape index (κ1) is 16.7. The van der Waals surface area contributed by atoms with E-state index in [0.717, 1.165) is 38.5 Å². The van der Waals surface area contributed by atoms with Crippen molar-refractivity contribution in [2.24, 2.45) is 0 Å². The number of carbonyl (C=O) groups excluding carboxylic acids is 1. The molecule has 0 saturated carbocycles. The van der Waals surface area contributed by atoms with Crippen molar-refractivity contribution < 1.29 is 14.3 Å². The van der Waals surface area contributed by atoms with E-state index < -0.39 is 0 Å². The number of nitrogens with zero attached hydrogens (tertiary/aromatic N) is 3. The van der Waals surface area contributed by atoms with Crippen LogP contribution in [0.3, 0.4) is 0 Å². The monoisotopic (exact) mass is 354 g/mol. The van der Waals surface area contributed by atoms with Gasteiger partial charge in [0.25, 0.3) is 5.91 Å². The van der Waals surface area contributed by atoms with Crippen LogP contribution < -0.4 is 19.7 Å². The molecule has 0 bridgehead atoms. The van der Waals surface area contributed by atoms with Crippen molar-refractivity contribution in [3.63, 3.8) is 0 Å². The molecule has 1 N–H and O–H groups in total. The summed E-state index contributed by atoms with van der Waals surface area (Å²) in [6.45, 7) is 7.49. The fraction of sp³-hybridized carbons (Fsp3) is 0.368. The first-order chi connectivity index (χ1) is 12.7. The molecule has 7 nitrogen and oxygen atoms in total. The number of rotatable bonds is 4. The van der Waals surface area contributed by atoms with Gasteiger partial charge in [-0.2, -0.15) is 0 Å². The lowest BCUT2D eigenvalue weighted by Gasteiger charge is -2.34. The molecule has 7 heteroatoms. The number of pyridine rings is 1. The lowest BCUT2D eigenvalue weighted by Crippen LogP contribution is -2.46. The van der Waals surface area contributed by atoms with Gasteiger partial charge < -0.3 is 24.6 Å². The van der Waals surface area contributed by atoms with Gasteiger partial charge in [-0.1, -0.05) is 6.92 Å². The van der Waals surface area contributed by atoms with Crippen LogP contribution in [0.15, 0.2) is 36.5 Å². The number of amides is 1. The smallest absolute Gasteiger partial charge is 0.257 e. The number of hydrogen-bond donors (Lipinski definition) is 1. The Morgan fingerprint density at radius 3 is 2.65 bits per heavy atom. The molecule has 26 heavy (non-hydrogen) atoms. The predicted octanol–water partition coefficient (Wildman–Crippen LogP) is 2.20. The SMILES string of the molecule is CCN1CCN(c2ccc(C(=O)Nc3ccc4c(c3)OCO4)cn2)CC1. The average Bonchev–Trinajstić information content (AvgIpc) is 3.16. The minimum Gasteiger partial charge on any atom is -0.454 e. The van der Waals surface area contributed by atoms with E-state index in [1.54, 1.807) is 24.4 Å². The largest absolute Gasteiger partial charge is 0.454 e. The zero-order valence-corrected chi connectivity index (χ0v) is 14.8. The van der Waals surface area contributed by atoms with Crippen molar-refractivity contribution in [3.05, 3.63) is 42.1 Å². The molecule has 1 aromatic heterocycles. The van der Waals surface area contributed by atoms with E-state index in [0.29, 0.717) is 22.7 Å². The summed E-state index contributed by atoms with van der Waals surface area (Å²) in [6, 6.07) is 9.07. The van der Waals surface area contributed by atoms with Gasteiger partial charge in [0.05, 0.1) is 5.56 Å². The Bertz CT molecular complexity index is 786. The van der Waals surface area contributed by atoms with E-state index in [9.17, 15) is 4.79 Å². The molecule has 0 radical (unpaired) electrons. The van der Waals surface area contributed by atoms with Gasteiger partial charge in [-0.15, -0.1) is 0 Å². The highest BCUT2D eigenvalue weighted by Crippen LogP contribution is 2.34. The molecule has 0 spiro atoms. The van der Waals surface area contributed by atoms with Gasteiger partial charge in [-0.3, -0.25) is 4.79 Å². The average molecular weight is 354 g/mol. The fourth-order valence-electron chi connectivity index (χ4n) is 3.18. The van der Waals surface area contributed by atoms with Crippen molar-refractivity contribution in [2.45, 2.75) is 6.92 Å². The van der Waals surface area contributed by atoms with Crippen LogP contribution in [0.25, 0.3) is 0 Å². The summed E-state index contributed by atoms with van der Waals surface area (Å²) in [6.07, 6.45) is 1.63. The third kappa shape index (κ3) is 3.43. The standard InChI is InChI=1S/C19H22N4O3/c1-2-22-7-9-23(10-8-22)18-6-3-14(12-20-18)19(24)21-15-4-5-16-17(11-15)26-13-25-16/h3-6,11-12H,2,7-10,13H2,1H3,(H,21,24). The second kappa shape index (κ2) is 7.21. The molecule has 1 saturated heterocycles. The zero-order valence-electron chi connectivity index (χ0n) is 14.8. The summed E-state index contributed by atoms with van der Waals surface area (Å²) in [5.74, 6) is 2.05. The summed E-state index contributed by atoms with van der Waals surface area (Å²) >= 11 is 0. The quantitative estimate of drug-likeness (QED) is 0.908. The van der Waals surface area contributed by atoms with Crippen LogP contribution >= 0.6 is 0 Å². The lowest BCUT2D eigenvalue weighted by molar-refractivity contribution is 0.102. The molecule has 1 amide bonds. The van der Waals surface area contributed by atoms with Crippen molar-refractivity contribution in [1.29, 1.82) is 0 Å². The zero-order chi connectivity index (χ0) is 17.9. The highest BCUT2D eigenvalue weighted by atomic mass is 16.7. The molecular weight excluding hydrogens is 332 g/mol. The topological polar surface area (TPSA) is 66.9 Å². The van der Waals surface area contributed by atoms with Gasteiger partial charge in [0.15, 0.2) is 11.5 Å². The van der Waals surface area contributed by atoms with E-state index in [1.807, 2.05) is 12.1 Å². The van der Waals surface area contributed by atoms with Crippen LogP contribution in [-0.2, 0) is 0 Å². The molecule has 1 aromatic carbocycles. The number of anilines is 2. The Kier molecular flexibility index (Phi) is 4.62. The molecule has 3 heterocycles. The first-order valence-corrected chi connectivity index (χ1v) is 8.87. The summed E-state index contributed by atoms with van der Waals surface area (Å²) in [5, 5.41) is 2.87. The maximum Gasteiger partial charge on any atom is 0.257 e. The molecule has 1 fully saturated rings. The van der Waals surface area contributed by atoms with Gasteiger partial charge in [0, 0.05) is 44.1 Å². The number of carbonyl (C=O) groups is 1. The number of piperazine rings is 1. The Balaban J connectivity index is 1.39. The highest BCUT2D eigenvalue weighted by Gasteiger charge is 2.18. The van der Waals surface area contributed by atoms with Gasteiger partial charge in [-0.25, -0.2) is 4.98 Å². The van der Waals surface area contributed by atoms with E-state index in [1.165, 1.54) is 0 Å². The van der Waals surface area contributed by atoms with Crippen LogP contribution in [0.2, 0.25) is 0 Å². The van der Waals surface area contributed by atoms with E-state index >= 15 is 0 Å². The maximum atomic E-state index is 12.4. The van der Waals surface area contributed by atoms with Crippen molar-refractivity contribution in [3.8, 4) is 11.5 Å². The van der Waals surface area contributed by atoms with Crippen LogP contribution in [-0.4, -0.2) is 55.3 Å². The number of aromatic nitrogens is 1. The predicted molar refractivity (Wildman–Crippen MR) is 99.1 cm³/mol. The van der Waals surface area contributed by atoms with Crippen molar-refractivity contribution in [2.75, 3.05) is 49.7 Å². The third-order valence-corrected chi connectivity index (χ3v) is 4.78. The van der Waals surface area contributed by atoms with E-state index in [2.05, 4.69) is 27.0 Å². The number of fused-ring (bicyclic) bond motifs is 1. The van der Waals surface area contributed by atoms with Crippen LogP contribution in [0, 0.1) is 0 Å². The molecule has 2 aromatic rings. The Hall–Kier alpha value is -2.80. The summed E-state index contributed by atoms with van der Waals surface area (Å²) in [5.41, 5.74) is 1.19. The molecule has 136 valence electrons. The summed E-state index contributed by atoms with van der Waals surface area (Å²) in [4.78, 5) is 21.6. The second-order valence-electron chi connectivity index (χ2n) is 6.35. The summed E-state index contributed by atoms with van der Waals surface area (Å²) < 4.78 is 10.6. The van der Waals surface area contributed by atoms with Gasteiger partial charge in [0.1, 0.15) is 5.82 Å². The van der Waals surface area contributed by atoms with Gasteiger partial charge in [-0.05, 0) is 30.8 Å². The molecule has 2 aliphatic rings. The van der Waals surface area contributed by atoms with Gasteiger partial charge >= 0.3 is 0 Å². The van der Waals surface area contributed by atoms with Crippen molar-refractivity contribution in [1.82, 2.24) is 9.88 Å². The molecule has 0 aliphatic carbocycles. The molecule has 0 unspecified atom stereocenters. The normalized spacial score (nSPS) is 16.6. The third-order valence-electron chi connectivity index (χ3n) is 4.78. The van der Waals surface area contributed by atoms with Crippen molar-refractivity contribution >= 4 is 17.4 Å². The summed E-state index contributed by atoms with van der Waals surface area (Å²) in [7, 11) is 0. The number of benzene rings is 1. The minimum atomic E-state index is -0.196. The Morgan fingerprint density at radius 2 is 1.92 bits per heavy atom. The van der Waals surface area contributed by atoms with Crippen LogP contribution in [0.5, 0.6) is 11.5 Å². The number of nitrogens with one attached hydrogen (secondary N) is 1. The molecule has 4 rings (SSSR count). The number of likely N-dealkylation sites (N-methyl/N-ethyl adjacent to an activating group) is 1. The lowest BCUT2D eigenvalue weighted by atomic mass is 10.2. The highest BCUT2D eigenvalue weighted by molar-refractivity contribution is 6.04. The fourth-order valence-corrected chi connectivity index (χ4v) is 3.18. The molecular formula is C19H22N4O3. The number of ether oxygens (including phenoxy) is 2. The second-order valence-corrected chi connectivity index (χ2v) is 6.35. The van der Waals surface area contributed by atoms with Gasteiger partial charge in [0.2, 0.25) is 6.79 Å². The first-order valence-electron chi connectivity index (χ1n) is 8.87. The molecule has 0 atom stereocenters. The minimum absolute atomic E-state index is 0.196. The Morgan fingerprint density at radius 1 is 1.12 bits per heavy atom. The van der Waals surface area contributed by atoms with E-state index in [-0.39, 0.29) is 12.7 Å². The maximum absolute atomic E-state index is 12.4. The van der Waals surface area contributed by atoms with Crippen LogP contribution in [0.1, 0.15) is 17.3 Å². The molecule has 2 aliphatic heterocycles. The van der Waals surface area contributed by atoms with Crippen LogP contribution in [0.4, 0.5) is 11.5 Å².